The summed E-state index contributed by atoms with van der Waals surface area (Å²) in [5.41, 5.74) is 1.07. The minimum atomic E-state index is 0.491. The summed E-state index contributed by atoms with van der Waals surface area (Å²) < 4.78 is 2.29. The molecule has 0 radical (unpaired) electrons. The Morgan fingerprint density at radius 1 is 1.54 bits per heavy atom. The quantitative estimate of drug-likeness (QED) is 0.572. The first-order valence-corrected chi connectivity index (χ1v) is 6.33. The smallest absolute Gasteiger partial charge is 0.0496 e. The highest BCUT2D eigenvalue weighted by Crippen LogP contribution is 2.35. The molecule has 0 fully saturated rings. The highest BCUT2D eigenvalue weighted by molar-refractivity contribution is 9.10. The lowest BCUT2D eigenvalue weighted by molar-refractivity contribution is 1.29. The van der Waals surface area contributed by atoms with Crippen molar-refractivity contribution in [2.75, 3.05) is 0 Å². The van der Waals surface area contributed by atoms with Crippen LogP contribution in [-0.4, -0.2) is 0 Å². The van der Waals surface area contributed by atoms with Gasteiger partial charge in [-0.3, -0.25) is 0 Å². The van der Waals surface area contributed by atoms with Gasteiger partial charge in [-0.05, 0) is 23.1 Å². The Morgan fingerprint density at radius 3 is 3.00 bits per heavy atom. The van der Waals surface area contributed by atoms with E-state index in [1.54, 1.807) is 11.3 Å². The van der Waals surface area contributed by atoms with Crippen molar-refractivity contribution in [3.05, 3.63) is 27.5 Å². The first-order valence-electron chi connectivity index (χ1n) is 3.67. The first-order chi connectivity index (χ1) is 6.24. The predicted octanol–water partition coefficient (Wildman–Crippen LogP) is 4.69. The zero-order valence-corrected chi connectivity index (χ0v) is 10.6. The summed E-state index contributed by atoms with van der Waals surface area (Å²) in [5.74, 6) is 0.491. The fourth-order valence-electron chi connectivity index (χ4n) is 1.23. The molecule has 0 unspecified atom stereocenters. The molecule has 0 spiro atoms. The van der Waals surface area contributed by atoms with Gasteiger partial charge in [0.2, 0.25) is 0 Å². The number of thiol groups is 1. The number of alkyl halides is 1. The van der Waals surface area contributed by atoms with Gasteiger partial charge in [0, 0.05) is 25.3 Å². The van der Waals surface area contributed by atoms with E-state index in [9.17, 15) is 0 Å². The zero-order valence-electron chi connectivity index (χ0n) is 6.55. The van der Waals surface area contributed by atoms with Crippen LogP contribution in [0.5, 0.6) is 0 Å². The van der Waals surface area contributed by atoms with Crippen molar-refractivity contribution in [2.45, 2.75) is 10.8 Å². The molecule has 68 valence electrons. The number of hydrogen-bond donors (Lipinski definition) is 1. The van der Waals surface area contributed by atoms with Crippen molar-refractivity contribution < 1.29 is 0 Å². The van der Waals surface area contributed by atoms with Crippen LogP contribution in [-0.2, 0) is 5.88 Å². The van der Waals surface area contributed by atoms with Crippen molar-refractivity contribution in [3.8, 4) is 0 Å². The van der Waals surface area contributed by atoms with Crippen molar-refractivity contribution >= 4 is 61.6 Å². The fraction of sp³-hybridized carbons (Fsp3) is 0.111. The standard InChI is InChI=1S/C9H6BrClS2/c10-7-3-8-5(1-2-13-8)9(12)6(7)4-11/h1-3,12H,4H2. The summed E-state index contributed by atoms with van der Waals surface area (Å²) >= 11 is 15.5. The fourth-order valence-corrected chi connectivity index (χ4v) is 3.94. The molecule has 1 heterocycles. The zero-order chi connectivity index (χ0) is 9.42. The van der Waals surface area contributed by atoms with Crippen LogP contribution < -0.4 is 0 Å². The van der Waals surface area contributed by atoms with Crippen LogP contribution in [0.2, 0.25) is 0 Å². The summed E-state index contributed by atoms with van der Waals surface area (Å²) in [6.45, 7) is 0. The maximum absolute atomic E-state index is 5.83. The summed E-state index contributed by atoms with van der Waals surface area (Å²) in [7, 11) is 0. The molecule has 1 aromatic heterocycles. The molecule has 2 rings (SSSR count). The van der Waals surface area contributed by atoms with E-state index in [0.29, 0.717) is 5.88 Å². The van der Waals surface area contributed by atoms with E-state index in [1.165, 1.54) is 10.1 Å². The maximum Gasteiger partial charge on any atom is 0.0496 e. The van der Waals surface area contributed by atoms with Gasteiger partial charge in [0.25, 0.3) is 0 Å². The van der Waals surface area contributed by atoms with E-state index in [2.05, 4.69) is 46.1 Å². The third-order valence-corrected chi connectivity index (χ3v) is 4.27. The first kappa shape index (κ1) is 9.84. The second-order valence-corrected chi connectivity index (χ2v) is 5.17. The second-order valence-electron chi connectivity index (χ2n) is 2.65. The molecular formula is C9H6BrClS2. The molecule has 1 aromatic carbocycles. The normalized spacial score (nSPS) is 11.0. The third kappa shape index (κ3) is 1.63. The summed E-state index contributed by atoms with van der Waals surface area (Å²) in [6, 6.07) is 4.17. The lowest BCUT2D eigenvalue weighted by Gasteiger charge is -2.05. The van der Waals surface area contributed by atoms with Crippen LogP contribution in [0.25, 0.3) is 10.1 Å². The maximum atomic E-state index is 5.83. The van der Waals surface area contributed by atoms with E-state index in [4.69, 9.17) is 11.6 Å². The summed E-state index contributed by atoms with van der Waals surface area (Å²) in [4.78, 5) is 0.987. The van der Waals surface area contributed by atoms with Crippen LogP contribution in [0.1, 0.15) is 5.56 Å². The predicted molar refractivity (Wildman–Crippen MR) is 66.3 cm³/mol. The molecule has 0 amide bonds. The number of thiophene rings is 1. The number of rotatable bonds is 1. The van der Waals surface area contributed by atoms with E-state index in [-0.39, 0.29) is 0 Å². The van der Waals surface area contributed by atoms with Gasteiger partial charge < -0.3 is 0 Å². The topological polar surface area (TPSA) is 0 Å². The molecule has 0 aliphatic heterocycles. The highest BCUT2D eigenvalue weighted by atomic mass is 79.9. The third-order valence-electron chi connectivity index (χ3n) is 1.92. The Hall–Kier alpha value is 0.300. The van der Waals surface area contributed by atoms with Crippen LogP contribution in [0.3, 0.4) is 0 Å². The van der Waals surface area contributed by atoms with E-state index in [1.807, 2.05) is 0 Å². The summed E-state index contributed by atoms with van der Waals surface area (Å²) in [5, 5.41) is 3.25. The number of fused-ring (bicyclic) bond motifs is 1. The largest absolute Gasteiger partial charge is 0.144 e. The van der Waals surface area contributed by atoms with E-state index in [0.717, 1.165) is 14.9 Å². The van der Waals surface area contributed by atoms with E-state index >= 15 is 0 Å². The molecule has 0 aliphatic rings. The molecule has 0 bridgehead atoms. The van der Waals surface area contributed by atoms with Crippen molar-refractivity contribution in [1.82, 2.24) is 0 Å². The van der Waals surface area contributed by atoms with Gasteiger partial charge in [0.05, 0.1) is 0 Å². The molecule has 13 heavy (non-hydrogen) atoms. The number of halogens is 2. The minimum absolute atomic E-state index is 0.491. The summed E-state index contributed by atoms with van der Waals surface area (Å²) in [6.07, 6.45) is 0. The van der Waals surface area contributed by atoms with Gasteiger partial charge in [0.1, 0.15) is 0 Å². The van der Waals surface area contributed by atoms with Crippen LogP contribution in [0.4, 0.5) is 0 Å². The SMILES string of the molecule is Sc1c(CCl)c(Br)cc2sccc12. The second kappa shape index (κ2) is 3.81. The monoisotopic (exact) mass is 292 g/mol. The number of hydrogen-bond acceptors (Lipinski definition) is 2. The van der Waals surface area contributed by atoms with Crippen molar-refractivity contribution in [1.29, 1.82) is 0 Å². The molecule has 2 aromatic rings. The molecular weight excluding hydrogens is 288 g/mol. The van der Waals surface area contributed by atoms with Crippen LogP contribution in [0.15, 0.2) is 26.9 Å². The van der Waals surface area contributed by atoms with E-state index < -0.39 is 0 Å². The van der Waals surface area contributed by atoms with Gasteiger partial charge in [-0.2, -0.15) is 0 Å². The van der Waals surface area contributed by atoms with Crippen LogP contribution in [0, 0.1) is 0 Å². The van der Waals surface area contributed by atoms with Gasteiger partial charge in [-0.15, -0.1) is 35.6 Å². The molecule has 0 N–H and O–H groups in total. The van der Waals surface area contributed by atoms with Gasteiger partial charge in [-0.1, -0.05) is 15.9 Å². The minimum Gasteiger partial charge on any atom is -0.144 e. The average Bonchev–Trinajstić information content (AvgIpc) is 2.53. The highest BCUT2D eigenvalue weighted by Gasteiger charge is 2.08. The molecule has 0 aliphatic carbocycles. The molecule has 0 saturated heterocycles. The van der Waals surface area contributed by atoms with Gasteiger partial charge >= 0.3 is 0 Å². The Morgan fingerprint density at radius 2 is 2.31 bits per heavy atom. The molecule has 4 heteroatoms. The molecule has 0 nitrogen and oxygen atoms in total. The number of benzene rings is 1. The lowest BCUT2D eigenvalue weighted by Crippen LogP contribution is -1.83. The Labute approximate surface area is 99.4 Å². The van der Waals surface area contributed by atoms with Gasteiger partial charge in [-0.25, -0.2) is 0 Å². The molecule has 0 saturated carbocycles. The Balaban J connectivity index is 2.85. The molecule has 0 atom stereocenters. The Kier molecular flexibility index (Phi) is 2.88. The van der Waals surface area contributed by atoms with Crippen molar-refractivity contribution in [3.63, 3.8) is 0 Å². The lowest BCUT2D eigenvalue weighted by atomic mass is 10.2. The Bertz CT molecular complexity index is 450. The van der Waals surface area contributed by atoms with Crippen LogP contribution >= 0.6 is 51.5 Å². The van der Waals surface area contributed by atoms with Gasteiger partial charge in [0.15, 0.2) is 0 Å². The van der Waals surface area contributed by atoms with Crippen molar-refractivity contribution in [2.24, 2.45) is 0 Å². The average molecular weight is 294 g/mol.